The first-order chi connectivity index (χ1) is 11.1. The molecule has 1 unspecified atom stereocenters. The molecule has 2 N–H and O–H groups in total. The summed E-state index contributed by atoms with van der Waals surface area (Å²) in [5.41, 5.74) is 0. The lowest BCUT2D eigenvalue weighted by atomic mass is 10.1. The van der Waals surface area contributed by atoms with Crippen molar-refractivity contribution in [2.45, 2.75) is 70.3 Å². The Hall–Kier alpha value is -1.59. The fourth-order valence-electron chi connectivity index (χ4n) is 3.59. The van der Waals surface area contributed by atoms with Gasteiger partial charge in [0.15, 0.2) is 0 Å². The van der Waals surface area contributed by atoms with Gasteiger partial charge < -0.3 is 15.3 Å². The van der Waals surface area contributed by atoms with Crippen molar-refractivity contribution in [1.82, 2.24) is 10.2 Å². The van der Waals surface area contributed by atoms with Crippen molar-refractivity contribution >= 4 is 17.8 Å². The van der Waals surface area contributed by atoms with Crippen LogP contribution in [-0.2, 0) is 14.4 Å². The summed E-state index contributed by atoms with van der Waals surface area (Å²) in [4.78, 5) is 36.8. The Balaban J connectivity index is 1.72. The van der Waals surface area contributed by atoms with Crippen LogP contribution < -0.4 is 5.32 Å². The molecular formula is C17H28N2O4. The summed E-state index contributed by atoms with van der Waals surface area (Å²) in [5.74, 6) is -1.00. The minimum atomic E-state index is -0.809. The first kappa shape index (κ1) is 17.8. The van der Waals surface area contributed by atoms with E-state index in [-0.39, 0.29) is 24.2 Å². The zero-order valence-electron chi connectivity index (χ0n) is 13.8. The Morgan fingerprint density at radius 1 is 1.13 bits per heavy atom. The number of carboxylic acid groups (broad SMARTS) is 1. The van der Waals surface area contributed by atoms with Crippen molar-refractivity contribution < 1.29 is 19.5 Å². The highest BCUT2D eigenvalue weighted by molar-refractivity contribution is 5.89. The number of nitrogens with one attached hydrogen (secondary N) is 1. The molecule has 0 bridgehead atoms. The fraction of sp³-hybridized carbons (Fsp3) is 0.824. The Labute approximate surface area is 137 Å². The van der Waals surface area contributed by atoms with Crippen LogP contribution in [0.15, 0.2) is 0 Å². The Morgan fingerprint density at radius 2 is 1.83 bits per heavy atom. The first-order valence-electron chi connectivity index (χ1n) is 8.87. The second-order valence-corrected chi connectivity index (χ2v) is 6.73. The second kappa shape index (κ2) is 8.89. The number of carboxylic acids is 1. The average Bonchev–Trinajstić information content (AvgIpc) is 2.73. The molecule has 1 aliphatic heterocycles. The molecule has 0 spiro atoms. The Morgan fingerprint density at radius 3 is 2.48 bits per heavy atom. The number of rotatable bonds is 7. The van der Waals surface area contributed by atoms with Crippen molar-refractivity contribution in [3.05, 3.63) is 0 Å². The van der Waals surface area contributed by atoms with Crippen molar-refractivity contribution in [1.29, 1.82) is 0 Å². The molecule has 1 aliphatic carbocycles. The van der Waals surface area contributed by atoms with E-state index in [1.807, 2.05) is 4.90 Å². The van der Waals surface area contributed by atoms with Crippen LogP contribution in [0.4, 0.5) is 0 Å². The summed E-state index contributed by atoms with van der Waals surface area (Å²) in [5, 5.41) is 11.4. The smallest absolute Gasteiger partial charge is 0.303 e. The van der Waals surface area contributed by atoms with Gasteiger partial charge in [0.25, 0.3) is 0 Å². The van der Waals surface area contributed by atoms with Gasteiger partial charge in [-0.15, -0.1) is 0 Å². The normalized spacial score (nSPS) is 22.9. The minimum absolute atomic E-state index is 0.0650. The van der Waals surface area contributed by atoms with Gasteiger partial charge in [-0.25, -0.2) is 0 Å². The molecule has 1 saturated carbocycles. The van der Waals surface area contributed by atoms with Gasteiger partial charge in [-0.05, 0) is 25.7 Å². The molecule has 2 fully saturated rings. The van der Waals surface area contributed by atoms with Crippen LogP contribution in [0.2, 0.25) is 0 Å². The molecule has 6 heteroatoms. The van der Waals surface area contributed by atoms with Crippen LogP contribution in [-0.4, -0.2) is 46.9 Å². The van der Waals surface area contributed by atoms with Crippen molar-refractivity contribution in [2.75, 3.05) is 13.1 Å². The van der Waals surface area contributed by atoms with Gasteiger partial charge in [0.05, 0.1) is 5.92 Å². The monoisotopic (exact) mass is 324 g/mol. The lowest BCUT2D eigenvalue weighted by Crippen LogP contribution is -2.38. The van der Waals surface area contributed by atoms with Gasteiger partial charge in [0, 0.05) is 32.0 Å². The molecule has 23 heavy (non-hydrogen) atoms. The van der Waals surface area contributed by atoms with Gasteiger partial charge >= 0.3 is 5.97 Å². The molecule has 0 radical (unpaired) electrons. The lowest BCUT2D eigenvalue weighted by molar-refractivity contribution is -0.137. The SMILES string of the molecule is O=C(O)CCCCNC(=O)C1CC(=O)N(C2CCCCCC2)C1. The van der Waals surface area contributed by atoms with Gasteiger partial charge in [-0.1, -0.05) is 25.7 Å². The maximum absolute atomic E-state index is 12.2. The van der Waals surface area contributed by atoms with Gasteiger partial charge in [-0.3, -0.25) is 14.4 Å². The number of amides is 2. The number of carbonyl (C=O) groups is 3. The number of hydrogen-bond acceptors (Lipinski definition) is 3. The van der Waals surface area contributed by atoms with E-state index in [4.69, 9.17) is 5.11 Å². The van der Waals surface area contributed by atoms with Crippen LogP contribution in [0.5, 0.6) is 0 Å². The molecule has 2 aliphatic rings. The van der Waals surface area contributed by atoms with Crippen molar-refractivity contribution in [3.63, 3.8) is 0 Å². The molecule has 2 amide bonds. The average molecular weight is 324 g/mol. The summed E-state index contributed by atoms with van der Waals surface area (Å²) >= 11 is 0. The Kier molecular flexibility index (Phi) is 6.86. The third-order valence-corrected chi connectivity index (χ3v) is 4.91. The highest BCUT2D eigenvalue weighted by atomic mass is 16.4. The number of nitrogens with zero attached hydrogens (tertiary/aromatic N) is 1. The molecule has 6 nitrogen and oxygen atoms in total. The third-order valence-electron chi connectivity index (χ3n) is 4.91. The molecule has 0 aromatic carbocycles. The summed E-state index contributed by atoms with van der Waals surface area (Å²) in [6.07, 6.45) is 8.65. The number of hydrogen-bond donors (Lipinski definition) is 2. The van der Waals surface area contributed by atoms with E-state index in [2.05, 4.69) is 5.32 Å². The van der Waals surface area contributed by atoms with Crippen LogP contribution in [0, 0.1) is 5.92 Å². The highest BCUT2D eigenvalue weighted by Gasteiger charge is 2.37. The maximum atomic E-state index is 12.2. The predicted octanol–water partition coefficient (Wildman–Crippen LogP) is 1.93. The number of carbonyl (C=O) groups excluding carboxylic acids is 2. The summed E-state index contributed by atoms with van der Waals surface area (Å²) < 4.78 is 0. The van der Waals surface area contributed by atoms with Crippen molar-refractivity contribution in [2.24, 2.45) is 5.92 Å². The van der Waals surface area contributed by atoms with Crippen LogP contribution in [0.25, 0.3) is 0 Å². The van der Waals surface area contributed by atoms with Crippen LogP contribution in [0.1, 0.15) is 64.2 Å². The molecule has 1 atom stereocenters. The second-order valence-electron chi connectivity index (χ2n) is 6.73. The van der Waals surface area contributed by atoms with E-state index in [1.54, 1.807) is 0 Å². The Bertz CT molecular complexity index is 430. The van der Waals surface area contributed by atoms with E-state index < -0.39 is 5.97 Å². The standard InChI is InChI=1S/C17H28N2O4/c20-15-11-13(17(23)18-10-6-5-9-16(21)22)12-19(15)14-7-3-1-2-4-8-14/h13-14H,1-12H2,(H,18,23)(H,21,22). The van der Waals surface area contributed by atoms with Crippen LogP contribution in [0.3, 0.4) is 0 Å². The third kappa shape index (κ3) is 5.52. The lowest BCUT2D eigenvalue weighted by Gasteiger charge is -2.27. The number of likely N-dealkylation sites (tertiary alicyclic amines) is 1. The van der Waals surface area contributed by atoms with Crippen LogP contribution >= 0.6 is 0 Å². The molecule has 0 aromatic rings. The van der Waals surface area contributed by atoms with E-state index in [0.717, 1.165) is 12.8 Å². The molecule has 1 saturated heterocycles. The zero-order valence-corrected chi connectivity index (χ0v) is 13.8. The highest BCUT2D eigenvalue weighted by Crippen LogP contribution is 2.28. The fourth-order valence-corrected chi connectivity index (χ4v) is 3.59. The molecule has 0 aromatic heterocycles. The van der Waals surface area contributed by atoms with E-state index in [1.165, 1.54) is 25.7 Å². The number of aliphatic carboxylic acids is 1. The molecular weight excluding hydrogens is 296 g/mol. The van der Waals surface area contributed by atoms with E-state index in [9.17, 15) is 14.4 Å². The first-order valence-corrected chi connectivity index (χ1v) is 8.87. The summed E-state index contributed by atoms with van der Waals surface area (Å²) in [6, 6.07) is 0.318. The predicted molar refractivity (Wildman–Crippen MR) is 85.8 cm³/mol. The zero-order chi connectivity index (χ0) is 16.7. The largest absolute Gasteiger partial charge is 0.481 e. The topological polar surface area (TPSA) is 86.7 Å². The quantitative estimate of drug-likeness (QED) is 0.553. The molecule has 1 heterocycles. The molecule has 130 valence electrons. The summed E-state index contributed by atoms with van der Waals surface area (Å²) in [7, 11) is 0. The van der Waals surface area contributed by atoms with E-state index >= 15 is 0 Å². The molecule has 2 rings (SSSR count). The minimum Gasteiger partial charge on any atom is -0.481 e. The van der Waals surface area contributed by atoms with Gasteiger partial charge in [-0.2, -0.15) is 0 Å². The van der Waals surface area contributed by atoms with E-state index in [0.29, 0.717) is 38.4 Å². The number of unbranched alkanes of at least 4 members (excludes halogenated alkanes) is 1. The summed E-state index contributed by atoms with van der Waals surface area (Å²) in [6.45, 7) is 1.03. The van der Waals surface area contributed by atoms with Gasteiger partial charge in [0.1, 0.15) is 0 Å². The van der Waals surface area contributed by atoms with Gasteiger partial charge in [0.2, 0.25) is 11.8 Å². The van der Waals surface area contributed by atoms with Crippen molar-refractivity contribution in [3.8, 4) is 0 Å². The maximum Gasteiger partial charge on any atom is 0.303 e.